The molecule has 0 spiro atoms. The van der Waals surface area contributed by atoms with E-state index in [0.717, 1.165) is 12.1 Å². The molecule has 0 radical (unpaired) electrons. The zero-order valence-electron chi connectivity index (χ0n) is 8.17. The highest BCUT2D eigenvalue weighted by molar-refractivity contribution is 5.49. The van der Waals surface area contributed by atoms with E-state index in [1.165, 1.54) is 0 Å². The van der Waals surface area contributed by atoms with Crippen LogP contribution in [0.1, 0.15) is 5.56 Å². The number of nitrogen functional groups attached to an aromatic ring is 1. The number of anilines is 2. The maximum Gasteiger partial charge on any atom is 0.416 e. The van der Waals surface area contributed by atoms with Gasteiger partial charge in [0.25, 0.3) is 0 Å². The normalized spacial score (nSPS) is 11.3. The average molecular weight is 236 g/mol. The van der Waals surface area contributed by atoms with Gasteiger partial charge in [-0.2, -0.15) is 13.2 Å². The maximum atomic E-state index is 12.4. The lowest BCUT2D eigenvalue weighted by atomic mass is 10.2. The standard InChI is InChI=1S/C8H11F3N4O/c9-8(10,11)5-3-6(13-1-2-16)14-7(4-5)15-12/h3-4,16H,1-2,12H2,(H2,13,14,15). The Labute approximate surface area is 89.4 Å². The number of aliphatic hydroxyl groups is 1. The average Bonchev–Trinajstić information content (AvgIpc) is 2.24. The summed E-state index contributed by atoms with van der Waals surface area (Å²) in [5.41, 5.74) is 1.18. The molecule has 5 N–H and O–H groups in total. The Morgan fingerprint density at radius 1 is 1.31 bits per heavy atom. The molecule has 1 aromatic heterocycles. The molecule has 1 rings (SSSR count). The number of nitrogens with zero attached hydrogens (tertiary/aromatic N) is 1. The predicted octanol–water partition coefficient (Wildman–Crippen LogP) is 0.790. The van der Waals surface area contributed by atoms with Crippen molar-refractivity contribution in [3.8, 4) is 0 Å². The summed E-state index contributed by atoms with van der Waals surface area (Å²) in [4.78, 5) is 3.74. The van der Waals surface area contributed by atoms with Crippen molar-refractivity contribution in [1.29, 1.82) is 0 Å². The highest BCUT2D eigenvalue weighted by atomic mass is 19.4. The number of alkyl halides is 3. The highest BCUT2D eigenvalue weighted by Gasteiger charge is 2.31. The predicted molar refractivity (Wildman–Crippen MR) is 52.6 cm³/mol. The van der Waals surface area contributed by atoms with Gasteiger partial charge in [0.15, 0.2) is 0 Å². The number of hydrogen-bond acceptors (Lipinski definition) is 5. The van der Waals surface area contributed by atoms with Crippen LogP contribution in [-0.2, 0) is 6.18 Å². The fourth-order valence-electron chi connectivity index (χ4n) is 1.04. The third-order valence-electron chi connectivity index (χ3n) is 1.72. The molecule has 0 aromatic carbocycles. The van der Waals surface area contributed by atoms with Crippen LogP contribution in [0.3, 0.4) is 0 Å². The quantitative estimate of drug-likeness (QED) is 0.459. The number of nitrogens with one attached hydrogen (secondary N) is 2. The van der Waals surface area contributed by atoms with Crippen LogP contribution in [0, 0.1) is 0 Å². The Hall–Kier alpha value is -1.54. The van der Waals surface area contributed by atoms with Crippen molar-refractivity contribution >= 4 is 11.6 Å². The summed E-state index contributed by atoms with van der Waals surface area (Å²) < 4.78 is 37.3. The Morgan fingerprint density at radius 3 is 2.44 bits per heavy atom. The van der Waals surface area contributed by atoms with Crippen LogP contribution < -0.4 is 16.6 Å². The van der Waals surface area contributed by atoms with E-state index in [4.69, 9.17) is 10.9 Å². The molecule has 90 valence electrons. The van der Waals surface area contributed by atoms with E-state index in [-0.39, 0.29) is 24.8 Å². The molecule has 5 nitrogen and oxygen atoms in total. The van der Waals surface area contributed by atoms with E-state index in [1.54, 1.807) is 0 Å². The van der Waals surface area contributed by atoms with Gasteiger partial charge in [-0.3, -0.25) is 0 Å². The lowest BCUT2D eigenvalue weighted by Crippen LogP contribution is -2.15. The second-order valence-corrected chi connectivity index (χ2v) is 2.92. The molecular weight excluding hydrogens is 225 g/mol. The second-order valence-electron chi connectivity index (χ2n) is 2.92. The van der Waals surface area contributed by atoms with Gasteiger partial charge in [0.05, 0.1) is 12.2 Å². The lowest BCUT2D eigenvalue weighted by Gasteiger charge is -2.11. The van der Waals surface area contributed by atoms with Crippen molar-refractivity contribution in [2.45, 2.75) is 6.18 Å². The number of aliphatic hydroxyl groups excluding tert-OH is 1. The van der Waals surface area contributed by atoms with Crippen molar-refractivity contribution in [3.63, 3.8) is 0 Å². The minimum atomic E-state index is -4.47. The van der Waals surface area contributed by atoms with Gasteiger partial charge in [0.1, 0.15) is 11.6 Å². The Morgan fingerprint density at radius 2 is 1.94 bits per heavy atom. The van der Waals surface area contributed by atoms with Crippen molar-refractivity contribution < 1.29 is 18.3 Å². The van der Waals surface area contributed by atoms with Gasteiger partial charge >= 0.3 is 6.18 Å². The number of hydrogen-bond donors (Lipinski definition) is 4. The van der Waals surface area contributed by atoms with E-state index in [1.807, 2.05) is 5.43 Å². The molecule has 0 saturated heterocycles. The van der Waals surface area contributed by atoms with Gasteiger partial charge in [-0.1, -0.05) is 0 Å². The van der Waals surface area contributed by atoms with E-state index in [0.29, 0.717) is 0 Å². The SMILES string of the molecule is NNc1cc(C(F)(F)F)cc(NCCO)n1. The number of pyridine rings is 1. The summed E-state index contributed by atoms with van der Waals surface area (Å²) in [6.07, 6.45) is -4.47. The van der Waals surface area contributed by atoms with E-state index >= 15 is 0 Å². The second kappa shape index (κ2) is 4.99. The molecule has 0 bridgehead atoms. The van der Waals surface area contributed by atoms with Crippen LogP contribution in [-0.4, -0.2) is 23.2 Å². The van der Waals surface area contributed by atoms with E-state index in [9.17, 15) is 13.2 Å². The molecule has 0 fully saturated rings. The smallest absolute Gasteiger partial charge is 0.395 e. The van der Waals surface area contributed by atoms with Gasteiger partial charge in [-0.25, -0.2) is 10.8 Å². The molecule has 0 unspecified atom stereocenters. The summed E-state index contributed by atoms with van der Waals surface area (Å²) >= 11 is 0. The zero-order chi connectivity index (χ0) is 12.2. The van der Waals surface area contributed by atoms with Crippen LogP contribution in [0.4, 0.5) is 24.8 Å². The molecular formula is C8H11F3N4O. The first-order valence-electron chi connectivity index (χ1n) is 4.38. The molecule has 16 heavy (non-hydrogen) atoms. The van der Waals surface area contributed by atoms with Gasteiger partial charge < -0.3 is 15.8 Å². The van der Waals surface area contributed by atoms with Crippen LogP contribution in [0.5, 0.6) is 0 Å². The number of halogens is 3. The number of aromatic nitrogens is 1. The van der Waals surface area contributed by atoms with Crippen molar-refractivity contribution in [3.05, 3.63) is 17.7 Å². The molecule has 0 amide bonds. The highest BCUT2D eigenvalue weighted by Crippen LogP contribution is 2.31. The fourth-order valence-corrected chi connectivity index (χ4v) is 1.04. The van der Waals surface area contributed by atoms with Crippen molar-refractivity contribution in [2.24, 2.45) is 5.84 Å². The topological polar surface area (TPSA) is 83.2 Å². The molecule has 0 aliphatic rings. The third kappa shape index (κ3) is 3.24. The largest absolute Gasteiger partial charge is 0.416 e. The summed E-state index contributed by atoms with van der Waals surface area (Å²) in [5, 5.41) is 11.1. The molecule has 0 aliphatic heterocycles. The fraction of sp³-hybridized carbons (Fsp3) is 0.375. The minimum Gasteiger partial charge on any atom is -0.395 e. The van der Waals surface area contributed by atoms with Crippen LogP contribution in [0.2, 0.25) is 0 Å². The number of nitrogens with two attached hydrogens (primary N) is 1. The van der Waals surface area contributed by atoms with Crippen LogP contribution >= 0.6 is 0 Å². The first-order chi connectivity index (χ1) is 7.47. The number of hydrazine groups is 1. The van der Waals surface area contributed by atoms with Crippen LogP contribution in [0.25, 0.3) is 0 Å². The third-order valence-corrected chi connectivity index (χ3v) is 1.72. The van der Waals surface area contributed by atoms with Gasteiger partial charge in [-0.15, -0.1) is 0 Å². The summed E-state index contributed by atoms with van der Waals surface area (Å²) in [6, 6.07) is 1.64. The minimum absolute atomic E-state index is 0.00294. The Balaban J connectivity index is 3.01. The molecule has 0 aliphatic carbocycles. The van der Waals surface area contributed by atoms with Gasteiger partial charge in [-0.05, 0) is 12.1 Å². The lowest BCUT2D eigenvalue weighted by molar-refractivity contribution is -0.137. The molecule has 8 heteroatoms. The van der Waals surface area contributed by atoms with Crippen molar-refractivity contribution in [1.82, 2.24) is 4.98 Å². The summed E-state index contributed by atoms with van der Waals surface area (Å²) in [6.45, 7) is -0.0956. The molecule has 0 atom stereocenters. The Kier molecular flexibility index (Phi) is 3.91. The van der Waals surface area contributed by atoms with E-state index in [2.05, 4.69) is 10.3 Å². The number of rotatable bonds is 4. The first-order valence-corrected chi connectivity index (χ1v) is 4.38. The summed E-state index contributed by atoms with van der Waals surface area (Å²) in [7, 11) is 0. The van der Waals surface area contributed by atoms with E-state index < -0.39 is 11.7 Å². The van der Waals surface area contributed by atoms with Gasteiger partial charge in [0.2, 0.25) is 0 Å². The van der Waals surface area contributed by atoms with Crippen molar-refractivity contribution in [2.75, 3.05) is 23.9 Å². The monoisotopic (exact) mass is 236 g/mol. The van der Waals surface area contributed by atoms with Gasteiger partial charge in [0, 0.05) is 6.54 Å². The Bertz CT molecular complexity index is 356. The maximum absolute atomic E-state index is 12.4. The zero-order valence-corrected chi connectivity index (χ0v) is 8.17. The molecule has 1 heterocycles. The molecule has 0 saturated carbocycles. The summed E-state index contributed by atoms with van der Waals surface area (Å²) in [5.74, 6) is 4.90. The molecule has 1 aromatic rings. The first kappa shape index (κ1) is 12.5. The van der Waals surface area contributed by atoms with Crippen LogP contribution in [0.15, 0.2) is 12.1 Å².